The third-order valence-electron chi connectivity index (χ3n) is 4.00. The molecule has 2 aromatic rings. The van der Waals surface area contributed by atoms with Gasteiger partial charge in [0.15, 0.2) is 11.5 Å². The zero-order valence-electron chi connectivity index (χ0n) is 16.0. The molecule has 0 aliphatic heterocycles. The Morgan fingerprint density at radius 2 is 1.59 bits per heavy atom. The molecule has 0 spiro atoms. The second kappa shape index (κ2) is 8.68. The second-order valence-electron chi connectivity index (χ2n) is 5.94. The van der Waals surface area contributed by atoms with Crippen LogP contribution >= 0.6 is 11.6 Å². The summed E-state index contributed by atoms with van der Waals surface area (Å²) in [5, 5.41) is 0.0370. The second-order valence-corrected chi connectivity index (χ2v) is 6.35. The van der Waals surface area contributed by atoms with Gasteiger partial charge in [0.25, 0.3) is 0 Å². The van der Waals surface area contributed by atoms with Crippen LogP contribution in [0.4, 0.5) is 11.4 Å². The minimum Gasteiger partial charge on any atom is -0.496 e. The summed E-state index contributed by atoms with van der Waals surface area (Å²) in [5.41, 5.74) is 8.47. The Hall–Kier alpha value is -2.86. The highest BCUT2D eigenvalue weighted by molar-refractivity contribution is 6.47. The van der Waals surface area contributed by atoms with Gasteiger partial charge in [0, 0.05) is 20.2 Å². The lowest BCUT2D eigenvalue weighted by molar-refractivity contribution is 0.103. The summed E-state index contributed by atoms with van der Waals surface area (Å²) in [4.78, 5) is 14.8. The summed E-state index contributed by atoms with van der Waals surface area (Å²) in [6.45, 7) is 0. The molecule has 0 saturated carbocycles. The summed E-state index contributed by atoms with van der Waals surface area (Å²) in [6.07, 6.45) is 1.59. The number of hydrogen-bond acceptors (Lipinski definition) is 6. The van der Waals surface area contributed by atoms with E-state index in [0.29, 0.717) is 22.9 Å². The van der Waals surface area contributed by atoms with Gasteiger partial charge in [0.2, 0.25) is 5.78 Å². The van der Waals surface area contributed by atoms with Crippen LogP contribution in [0.15, 0.2) is 35.4 Å². The molecule has 0 amide bonds. The molecular weight excluding hydrogens is 368 g/mol. The first kappa shape index (κ1) is 20.5. The lowest BCUT2D eigenvalue weighted by Gasteiger charge is -2.16. The van der Waals surface area contributed by atoms with Crippen molar-refractivity contribution in [3.63, 3.8) is 0 Å². The van der Waals surface area contributed by atoms with Crippen molar-refractivity contribution in [1.29, 1.82) is 0 Å². The maximum atomic E-state index is 12.9. The normalized spacial score (nSPS) is 11.1. The minimum atomic E-state index is -0.391. The number of methoxy groups -OCH3 is 3. The number of Topliss-reactive ketones (excluding diaryl/α,β-unsaturated/α-hetero) is 1. The van der Waals surface area contributed by atoms with Crippen molar-refractivity contribution in [3.8, 4) is 17.2 Å². The van der Waals surface area contributed by atoms with Gasteiger partial charge in [-0.25, -0.2) is 0 Å². The quantitative estimate of drug-likeness (QED) is 0.440. The first-order chi connectivity index (χ1) is 12.8. The Balaban J connectivity index is 2.45. The van der Waals surface area contributed by atoms with Gasteiger partial charge in [0.05, 0.1) is 43.3 Å². The number of ketones is 1. The summed E-state index contributed by atoms with van der Waals surface area (Å²) in [7, 11) is 8.25. The van der Waals surface area contributed by atoms with Gasteiger partial charge in [0.1, 0.15) is 5.75 Å². The molecule has 0 radical (unpaired) electrons. The molecule has 2 N–H and O–H groups in total. The number of hydrogen-bond donors (Lipinski definition) is 1. The number of benzene rings is 2. The van der Waals surface area contributed by atoms with E-state index >= 15 is 0 Å². The van der Waals surface area contributed by atoms with Crippen LogP contribution in [-0.2, 0) is 0 Å². The van der Waals surface area contributed by atoms with Crippen molar-refractivity contribution in [3.05, 3.63) is 46.5 Å². The van der Waals surface area contributed by atoms with Crippen molar-refractivity contribution >= 4 is 34.8 Å². The average Bonchev–Trinajstić information content (AvgIpc) is 2.67. The van der Waals surface area contributed by atoms with E-state index in [2.05, 4.69) is 0 Å². The van der Waals surface area contributed by atoms with Gasteiger partial charge < -0.3 is 24.8 Å². The zero-order chi connectivity index (χ0) is 20.1. The molecule has 0 heterocycles. The highest BCUT2D eigenvalue weighted by atomic mass is 35.5. The van der Waals surface area contributed by atoms with Crippen molar-refractivity contribution in [1.82, 2.24) is 0 Å². The van der Waals surface area contributed by atoms with Crippen LogP contribution in [0.1, 0.15) is 15.9 Å². The van der Waals surface area contributed by atoms with Crippen molar-refractivity contribution in [2.45, 2.75) is 0 Å². The molecule has 2 rings (SSSR count). The molecule has 6 nitrogen and oxygen atoms in total. The van der Waals surface area contributed by atoms with E-state index in [1.807, 2.05) is 25.1 Å². The number of rotatable bonds is 7. The highest BCUT2D eigenvalue weighted by Crippen LogP contribution is 2.36. The summed E-state index contributed by atoms with van der Waals surface area (Å²) in [5.74, 6) is 0.821. The first-order valence-electron chi connectivity index (χ1n) is 8.11. The minimum absolute atomic E-state index is 0.0370. The lowest BCUT2D eigenvalue weighted by atomic mass is 10.1. The predicted octanol–water partition coefficient (Wildman–Crippen LogP) is 3.82. The number of carbonyl (C=O) groups excluding carboxylic acids is 1. The Bertz CT molecular complexity index is 879. The number of ether oxygens (including phenoxy) is 3. The third-order valence-corrected chi connectivity index (χ3v) is 4.28. The number of anilines is 2. The van der Waals surface area contributed by atoms with Gasteiger partial charge in [-0.1, -0.05) is 17.7 Å². The number of nitrogens with two attached hydrogens (primary N) is 1. The largest absolute Gasteiger partial charge is 0.496 e. The van der Waals surface area contributed by atoms with E-state index in [0.717, 1.165) is 11.3 Å². The summed E-state index contributed by atoms with van der Waals surface area (Å²) < 4.78 is 15.8. The average molecular weight is 391 g/mol. The molecule has 27 heavy (non-hydrogen) atoms. The van der Waals surface area contributed by atoms with Crippen LogP contribution in [-0.4, -0.2) is 41.2 Å². The van der Waals surface area contributed by atoms with E-state index in [1.165, 1.54) is 21.3 Å². The maximum Gasteiger partial charge on any atom is 0.208 e. The van der Waals surface area contributed by atoms with Crippen LogP contribution < -0.4 is 24.8 Å². The molecule has 0 atom stereocenters. The Kier molecular flexibility index (Phi) is 6.58. The van der Waals surface area contributed by atoms with Crippen molar-refractivity contribution < 1.29 is 19.0 Å². The maximum absolute atomic E-state index is 12.9. The Labute approximate surface area is 164 Å². The SMILES string of the molecule is COc1cc(OC)c(C(=O)C(Cl)=Cc2ccc(N)c(N(C)C)c2)cc1OC. The number of halogens is 1. The van der Waals surface area contributed by atoms with E-state index in [-0.39, 0.29) is 10.6 Å². The molecule has 2 aromatic carbocycles. The van der Waals surface area contributed by atoms with Crippen molar-refractivity contribution in [2.75, 3.05) is 46.1 Å². The molecule has 0 aliphatic carbocycles. The molecule has 0 unspecified atom stereocenters. The molecule has 7 heteroatoms. The fourth-order valence-corrected chi connectivity index (χ4v) is 2.81. The fourth-order valence-electron chi connectivity index (χ4n) is 2.58. The molecule has 144 valence electrons. The standard InChI is InChI=1S/C20H23ClN2O4/c1-23(2)16-9-12(6-7-15(16)22)8-14(21)20(24)13-10-18(26-4)19(27-5)11-17(13)25-3/h6-11H,22H2,1-5H3. The molecular formula is C20H23ClN2O4. The van der Waals surface area contributed by atoms with Gasteiger partial charge in [-0.15, -0.1) is 0 Å². The number of allylic oxidation sites excluding steroid dienone is 1. The smallest absolute Gasteiger partial charge is 0.208 e. The van der Waals surface area contributed by atoms with E-state index in [4.69, 9.17) is 31.5 Å². The van der Waals surface area contributed by atoms with Crippen LogP contribution in [0.3, 0.4) is 0 Å². The molecule has 0 fully saturated rings. The van der Waals surface area contributed by atoms with Crippen LogP contribution in [0.5, 0.6) is 17.2 Å². The molecule has 0 aromatic heterocycles. The number of nitrogen functional groups attached to an aromatic ring is 1. The third kappa shape index (κ3) is 4.46. The fraction of sp³-hybridized carbons (Fsp3) is 0.250. The van der Waals surface area contributed by atoms with Gasteiger partial charge >= 0.3 is 0 Å². The predicted molar refractivity (Wildman–Crippen MR) is 109 cm³/mol. The molecule has 0 aliphatic rings. The van der Waals surface area contributed by atoms with Crippen LogP contribution in [0.25, 0.3) is 6.08 Å². The van der Waals surface area contributed by atoms with Crippen LogP contribution in [0.2, 0.25) is 0 Å². The van der Waals surface area contributed by atoms with E-state index in [1.54, 1.807) is 30.3 Å². The van der Waals surface area contributed by atoms with Gasteiger partial charge in [-0.2, -0.15) is 0 Å². The monoisotopic (exact) mass is 390 g/mol. The molecule has 0 saturated heterocycles. The zero-order valence-corrected chi connectivity index (χ0v) is 16.8. The Morgan fingerprint density at radius 1 is 1.00 bits per heavy atom. The highest BCUT2D eigenvalue weighted by Gasteiger charge is 2.20. The lowest BCUT2D eigenvalue weighted by Crippen LogP contribution is -2.11. The number of carbonyl (C=O) groups is 1. The van der Waals surface area contributed by atoms with Gasteiger partial charge in [-0.3, -0.25) is 4.79 Å². The topological polar surface area (TPSA) is 74.0 Å². The van der Waals surface area contributed by atoms with Crippen molar-refractivity contribution in [2.24, 2.45) is 0 Å². The van der Waals surface area contributed by atoms with Gasteiger partial charge in [-0.05, 0) is 29.8 Å². The summed E-state index contributed by atoms with van der Waals surface area (Å²) in [6, 6.07) is 8.56. The Morgan fingerprint density at radius 3 is 2.15 bits per heavy atom. The summed E-state index contributed by atoms with van der Waals surface area (Å²) >= 11 is 6.31. The van der Waals surface area contributed by atoms with Crippen LogP contribution in [0, 0.1) is 0 Å². The first-order valence-corrected chi connectivity index (χ1v) is 8.48. The van der Waals surface area contributed by atoms with E-state index in [9.17, 15) is 4.79 Å². The van der Waals surface area contributed by atoms with E-state index < -0.39 is 5.78 Å². The number of nitrogens with zero attached hydrogens (tertiary/aromatic N) is 1. The molecule has 0 bridgehead atoms.